The van der Waals surface area contributed by atoms with Crippen molar-refractivity contribution in [3.05, 3.63) is 90.4 Å². The third-order valence-corrected chi connectivity index (χ3v) is 6.87. The summed E-state index contributed by atoms with van der Waals surface area (Å²) in [5, 5.41) is 4.24. The van der Waals surface area contributed by atoms with Crippen molar-refractivity contribution in [3.63, 3.8) is 0 Å². The van der Waals surface area contributed by atoms with Crippen molar-refractivity contribution in [1.82, 2.24) is 20.2 Å². The summed E-state index contributed by atoms with van der Waals surface area (Å²) >= 11 is 0. The molecule has 1 N–H and O–H groups in total. The average Bonchev–Trinajstić information content (AvgIpc) is 3.12. The molecule has 3 heterocycles. The van der Waals surface area contributed by atoms with E-state index in [9.17, 15) is 9.59 Å². The molecule has 0 unspecified atom stereocenters. The second-order valence-corrected chi connectivity index (χ2v) is 9.74. The minimum atomic E-state index is -1.04. The van der Waals surface area contributed by atoms with Crippen LogP contribution in [0.25, 0.3) is 10.9 Å². The molecule has 1 saturated heterocycles. The summed E-state index contributed by atoms with van der Waals surface area (Å²) in [6.07, 6.45) is 3.48. The number of methoxy groups -OCH3 is 1. The number of para-hydroxylation sites is 1. The van der Waals surface area contributed by atoms with Gasteiger partial charge in [0.15, 0.2) is 11.5 Å². The Morgan fingerprint density at radius 3 is 2.54 bits per heavy atom. The highest BCUT2D eigenvalue weighted by atomic mass is 16.5. The summed E-state index contributed by atoms with van der Waals surface area (Å²) in [7, 11) is 1.55. The van der Waals surface area contributed by atoms with Crippen molar-refractivity contribution in [3.8, 4) is 11.5 Å². The number of anilines is 1. The van der Waals surface area contributed by atoms with E-state index in [0.717, 1.165) is 22.2 Å². The second kappa shape index (κ2) is 11.1. The van der Waals surface area contributed by atoms with Crippen molar-refractivity contribution >= 4 is 28.5 Å². The Kier molecular flexibility index (Phi) is 7.42. The predicted octanol–water partition coefficient (Wildman–Crippen LogP) is 4.55. The minimum absolute atomic E-state index is 0.276. The first-order valence-electron chi connectivity index (χ1n) is 12.8. The Bertz CT molecular complexity index is 1490. The summed E-state index contributed by atoms with van der Waals surface area (Å²) in [4.78, 5) is 38.8. The molecule has 4 aromatic rings. The molecule has 0 bridgehead atoms. The van der Waals surface area contributed by atoms with Crippen LogP contribution in [0.15, 0.2) is 79.1 Å². The largest absolute Gasteiger partial charge is 0.493 e. The molecule has 0 saturated carbocycles. The fourth-order valence-corrected chi connectivity index (χ4v) is 4.66. The molecule has 39 heavy (non-hydrogen) atoms. The van der Waals surface area contributed by atoms with Crippen LogP contribution in [0.2, 0.25) is 0 Å². The number of amides is 3. The highest BCUT2D eigenvalue weighted by molar-refractivity contribution is 6.23. The molecule has 3 amide bonds. The maximum atomic E-state index is 13.7. The van der Waals surface area contributed by atoms with Crippen LogP contribution in [0.4, 0.5) is 10.5 Å². The molecule has 0 aliphatic carbocycles. The first-order chi connectivity index (χ1) is 18.9. The standard InChI is InChI=1S/C30H31N5O4/c1-30(2)28(36)35(29(37)34(30)20-21-13-15-33-25-10-5-4-9-24(21)25)23-11-12-26(38-3)27(18-23)39-17-16-31-19-22-8-6-7-14-32-22/h4-15,18,31H,16-17,19-20H2,1-3H3. The summed E-state index contributed by atoms with van der Waals surface area (Å²) in [5.41, 5.74) is 2.09. The van der Waals surface area contributed by atoms with Gasteiger partial charge in [-0.1, -0.05) is 24.3 Å². The third-order valence-electron chi connectivity index (χ3n) is 6.87. The predicted molar refractivity (Wildman–Crippen MR) is 149 cm³/mol. The van der Waals surface area contributed by atoms with E-state index in [1.54, 1.807) is 56.4 Å². The van der Waals surface area contributed by atoms with Gasteiger partial charge in [-0.3, -0.25) is 14.8 Å². The van der Waals surface area contributed by atoms with E-state index in [0.29, 0.717) is 36.9 Å². The van der Waals surface area contributed by atoms with E-state index < -0.39 is 5.54 Å². The van der Waals surface area contributed by atoms with Gasteiger partial charge in [0.05, 0.1) is 24.0 Å². The number of hydrogen-bond acceptors (Lipinski definition) is 7. The van der Waals surface area contributed by atoms with Gasteiger partial charge < -0.3 is 19.7 Å². The van der Waals surface area contributed by atoms with Gasteiger partial charge in [-0.05, 0) is 55.8 Å². The molecular weight excluding hydrogens is 494 g/mol. The van der Waals surface area contributed by atoms with Gasteiger partial charge in [0, 0.05) is 43.5 Å². The van der Waals surface area contributed by atoms with E-state index in [4.69, 9.17) is 9.47 Å². The lowest BCUT2D eigenvalue weighted by molar-refractivity contribution is -0.123. The van der Waals surface area contributed by atoms with E-state index in [1.165, 1.54) is 4.90 Å². The number of ether oxygens (including phenoxy) is 2. The van der Waals surface area contributed by atoms with Gasteiger partial charge in [0.1, 0.15) is 12.1 Å². The molecule has 200 valence electrons. The van der Waals surface area contributed by atoms with Crippen molar-refractivity contribution < 1.29 is 19.1 Å². The van der Waals surface area contributed by atoms with Gasteiger partial charge in [-0.2, -0.15) is 0 Å². The molecule has 1 fully saturated rings. The smallest absolute Gasteiger partial charge is 0.332 e. The van der Waals surface area contributed by atoms with Crippen LogP contribution in [-0.2, 0) is 17.9 Å². The number of pyridine rings is 2. The van der Waals surface area contributed by atoms with Crippen LogP contribution < -0.4 is 19.7 Å². The molecule has 1 aliphatic rings. The Morgan fingerprint density at radius 1 is 0.923 bits per heavy atom. The van der Waals surface area contributed by atoms with Crippen molar-refractivity contribution in [2.75, 3.05) is 25.2 Å². The molecule has 0 spiro atoms. The molecule has 1 aliphatic heterocycles. The topological polar surface area (TPSA) is 96.9 Å². The molecule has 9 heteroatoms. The lowest BCUT2D eigenvalue weighted by Crippen LogP contribution is -2.43. The van der Waals surface area contributed by atoms with Crippen LogP contribution in [-0.4, -0.2) is 52.6 Å². The molecule has 2 aromatic carbocycles. The number of carbonyl (C=O) groups excluding carboxylic acids is 2. The number of hydrogen-bond donors (Lipinski definition) is 1. The Hall–Kier alpha value is -4.50. The molecule has 5 rings (SSSR count). The second-order valence-electron chi connectivity index (χ2n) is 9.74. The van der Waals surface area contributed by atoms with Crippen LogP contribution in [0.3, 0.4) is 0 Å². The van der Waals surface area contributed by atoms with Gasteiger partial charge in [0.25, 0.3) is 5.91 Å². The lowest BCUT2D eigenvalue weighted by Gasteiger charge is -2.28. The van der Waals surface area contributed by atoms with Crippen molar-refractivity contribution in [2.45, 2.75) is 32.5 Å². The van der Waals surface area contributed by atoms with Crippen LogP contribution in [0.5, 0.6) is 11.5 Å². The summed E-state index contributed by atoms with van der Waals surface area (Å²) in [6, 6.07) is 20.1. The van der Waals surface area contributed by atoms with E-state index in [1.807, 2.05) is 48.5 Å². The number of rotatable bonds is 10. The quantitative estimate of drug-likeness (QED) is 0.240. The van der Waals surface area contributed by atoms with E-state index in [-0.39, 0.29) is 18.5 Å². The first kappa shape index (κ1) is 26.1. The summed E-state index contributed by atoms with van der Waals surface area (Å²) < 4.78 is 11.4. The first-order valence-corrected chi connectivity index (χ1v) is 12.8. The van der Waals surface area contributed by atoms with Crippen LogP contribution in [0.1, 0.15) is 25.1 Å². The number of fused-ring (bicyclic) bond motifs is 1. The monoisotopic (exact) mass is 525 g/mol. The zero-order valence-corrected chi connectivity index (χ0v) is 22.3. The summed E-state index contributed by atoms with van der Waals surface area (Å²) in [5.74, 6) is 0.660. The van der Waals surface area contributed by atoms with Crippen molar-refractivity contribution in [2.24, 2.45) is 0 Å². The average molecular weight is 526 g/mol. The number of urea groups is 1. The van der Waals surface area contributed by atoms with Crippen LogP contribution >= 0.6 is 0 Å². The third kappa shape index (κ3) is 5.26. The van der Waals surface area contributed by atoms with Crippen molar-refractivity contribution in [1.29, 1.82) is 0 Å². The number of nitrogens with zero attached hydrogens (tertiary/aromatic N) is 4. The highest BCUT2D eigenvalue weighted by Crippen LogP contribution is 2.38. The van der Waals surface area contributed by atoms with E-state index in [2.05, 4.69) is 15.3 Å². The highest BCUT2D eigenvalue weighted by Gasteiger charge is 2.52. The Morgan fingerprint density at radius 2 is 1.74 bits per heavy atom. The molecule has 2 aromatic heterocycles. The number of carbonyl (C=O) groups is 2. The number of imide groups is 1. The van der Waals surface area contributed by atoms with Gasteiger partial charge in [0.2, 0.25) is 0 Å². The SMILES string of the molecule is COc1ccc(N2C(=O)N(Cc3ccnc4ccccc34)C(C)(C)C2=O)cc1OCCNCc1ccccn1. The van der Waals surface area contributed by atoms with Gasteiger partial charge >= 0.3 is 6.03 Å². The number of nitrogens with one attached hydrogen (secondary N) is 1. The summed E-state index contributed by atoms with van der Waals surface area (Å²) in [6.45, 7) is 5.37. The zero-order valence-electron chi connectivity index (χ0n) is 22.3. The molecule has 0 radical (unpaired) electrons. The van der Waals surface area contributed by atoms with Gasteiger partial charge in [-0.15, -0.1) is 0 Å². The zero-order chi connectivity index (χ0) is 27.4. The maximum absolute atomic E-state index is 13.7. The number of benzene rings is 2. The molecule has 9 nitrogen and oxygen atoms in total. The maximum Gasteiger partial charge on any atom is 0.332 e. The van der Waals surface area contributed by atoms with E-state index >= 15 is 0 Å². The minimum Gasteiger partial charge on any atom is -0.493 e. The fourth-order valence-electron chi connectivity index (χ4n) is 4.66. The lowest BCUT2D eigenvalue weighted by atomic mass is 10.0. The Balaban J connectivity index is 1.32. The molecule has 0 atom stereocenters. The van der Waals surface area contributed by atoms with Crippen LogP contribution in [0, 0.1) is 0 Å². The van der Waals surface area contributed by atoms with Gasteiger partial charge in [-0.25, -0.2) is 9.69 Å². The number of aromatic nitrogens is 2. The fraction of sp³-hybridized carbons (Fsp3) is 0.267. The Labute approximate surface area is 227 Å². The molecular formula is C30H31N5O4. The normalized spacial score (nSPS) is 14.7.